The Morgan fingerprint density at radius 1 is 1.04 bits per heavy atom. The van der Waals surface area contributed by atoms with Gasteiger partial charge in [0.05, 0.1) is 17.6 Å². The standard InChI is InChI=1S/C20H25NO3S/c1-15(2)17-6-8-18(9-7-17)20-14-21(12-13-24-20)25(22,23)19-10-4-16(3)5-11-19/h4-11,15,20H,12-14H2,1-3H3. The van der Waals surface area contributed by atoms with Crippen LogP contribution in [0.2, 0.25) is 0 Å². The summed E-state index contributed by atoms with van der Waals surface area (Å²) in [5.41, 5.74) is 3.33. The van der Waals surface area contributed by atoms with Crippen molar-refractivity contribution in [3.05, 3.63) is 65.2 Å². The fourth-order valence-electron chi connectivity index (χ4n) is 3.00. The fourth-order valence-corrected chi connectivity index (χ4v) is 4.43. The molecule has 1 saturated heterocycles. The van der Waals surface area contributed by atoms with E-state index in [-0.39, 0.29) is 6.10 Å². The Kier molecular flexibility index (Phi) is 5.27. The van der Waals surface area contributed by atoms with Crippen molar-refractivity contribution in [1.82, 2.24) is 4.31 Å². The zero-order valence-electron chi connectivity index (χ0n) is 15.0. The zero-order chi connectivity index (χ0) is 18.0. The van der Waals surface area contributed by atoms with E-state index in [9.17, 15) is 8.42 Å². The molecule has 2 aromatic carbocycles. The maximum absolute atomic E-state index is 12.9. The highest BCUT2D eigenvalue weighted by molar-refractivity contribution is 7.89. The highest BCUT2D eigenvalue weighted by Gasteiger charge is 2.31. The van der Waals surface area contributed by atoms with Gasteiger partial charge in [-0.05, 0) is 36.1 Å². The van der Waals surface area contributed by atoms with E-state index in [1.165, 1.54) is 9.87 Å². The molecule has 0 bridgehead atoms. The third-order valence-electron chi connectivity index (χ3n) is 4.66. The van der Waals surface area contributed by atoms with Crippen LogP contribution in [-0.2, 0) is 14.8 Å². The van der Waals surface area contributed by atoms with Crippen molar-refractivity contribution < 1.29 is 13.2 Å². The van der Waals surface area contributed by atoms with Crippen LogP contribution in [-0.4, -0.2) is 32.4 Å². The Balaban J connectivity index is 1.79. The molecular weight excluding hydrogens is 334 g/mol. The number of hydrogen-bond donors (Lipinski definition) is 0. The topological polar surface area (TPSA) is 46.6 Å². The lowest BCUT2D eigenvalue weighted by Crippen LogP contribution is -2.42. The quantitative estimate of drug-likeness (QED) is 0.832. The van der Waals surface area contributed by atoms with Crippen LogP contribution in [0, 0.1) is 6.92 Å². The monoisotopic (exact) mass is 359 g/mol. The lowest BCUT2D eigenvalue weighted by Gasteiger charge is -2.32. The Labute approximate surface area is 150 Å². The van der Waals surface area contributed by atoms with Gasteiger partial charge in [-0.2, -0.15) is 4.31 Å². The van der Waals surface area contributed by atoms with Gasteiger partial charge in [0.1, 0.15) is 0 Å². The maximum atomic E-state index is 12.9. The summed E-state index contributed by atoms with van der Waals surface area (Å²) in [6, 6.07) is 15.3. The Morgan fingerprint density at radius 3 is 2.28 bits per heavy atom. The van der Waals surface area contributed by atoms with E-state index in [0.29, 0.717) is 30.5 Å². The third kappa shape index (κ3) is 3.94. The summed E-state index contributed by atoms with van der Waals surface area (Å²) in [7, 11) is -3.49. The van der Waals surface area contributed by atoms with E-state index in [4.69, 9.17) is 4.74 Å². The minimum absolute atomic E-state index is 0.227. The Hall–Kier alpha value is -1.69. The highest BCUT2D eigenvalue weighted by Crippen LogP contribution is 2.27. The summed E-state index contributed by atoms with van der Waals surface area (Å²) < 4.78 is 33.1. The van der Waals surface area contributed by atoms with Crippen molar-refractivity contribution in [3.8, 4) is 0 Å². The van der Waals surface area contributed by atoms with Gasteiger partial charge in [-0.3, -0.25) is 0 Å². The molecule has 1 aliphatic rings. The second-order valence-electron chi connectivity index (χ2n) is 6.86. The van der Waals surface area contributed by atoms with Gasteiger partial charge >= 0.3 is 0 Å². The molecule has 0 spiro atoms. The molecule has 134 valence electrons. The Bertz CT molecular complexity index is 811. The van der Waals surface area contributed by atoms with E-state index < -0.39 is 10.0 Å². The summed E-state index contributed by atoms with van der Waals surface area (Å²) in [5.74, 6) is 0.472. The molecule has 0 aliphatic carbocycles. The number of nitrogens with zero attached hydrogens (tertiary/aromatic N) is 1. The molecule has 4 nitrogen and oxygen atoms in total. The molecular formula is C20H25NO3S. The van der Waals surface area contributed by atoms with E-state index in [1.807, 2.05) is 31.2 Å². The highest BCUT2D eigenvalue weighted by atomic mass is 32.2. The van der Waals surface area contributed by atoms with E-state index in [2.05, 4.69) is 26.0 Å². The van der Waals surface area contributed by atoms with Crippen LogP contribution in [0.1, 0.15) is 42.6 Å². The molecule has 5 heteroatoms. The van der Waals surface area contributed by atoms with Gasteiger partial charge in [0.2, 0.25) is 10.0 Å². The number of rotatable bonds is 4. The largest absolute Gasteiger partial charge is 0.371 e. The van der Waals surface area contributed by atoms with Crippen molar-refractivity contribution >= 4 is 10.0 Å². The van der Waals surface area contributed by atoms with Crippen molar-refractivity contribution in [2.24, 2.45) is 0 Å². The minimum atomic E-state index is -3.49. The zero-order valence-corrected chi connectivity index (χ0v) is 15.8. The third-order valence-corrected chi connectivity index (χ3v) is 6.54. The average molecular weight is 359 g/mol. The van der Waals surface area contributed by atoms with Crippen molar-refractivity contribution in [3.63, 3.8) is 0 Å². The lowest BCUT2D eigenvalue weighted by molar-refractivity contribution is -0.00256. The number of morpholine rings is 1. The van der Waals surface area contributed by atoms with Crippen LogP contribution in [0.15, 0.2) is 53.4 Å². The predicted octanol–water partition coefficient (Wildman–Crippen LogP) is 3.88. The first-order valence-corrected chi connectivity index (χ1v) is 10.1. The van der Waals surface area contributed by atoms with E-state index in [1.54, 1.807) is 12.1 Å². The van der Waals surface area contributed by atoms with Crippen molar-refractivity contribution in [2.75, 3.05) is 19.7 Å². The number of ether oxygens (including phenoxy) is 1. The summed E-state index contributed by atoms with van der Waals surface area (Å²) in [4.78, 5) is 0.342. The second-order valence-corrected chi connectivity index (χ2v) is 8.79. The molecule has 0 saturated carbocycles. The molecule has 1 fully saturated rings. The molecule has 2 aromatic rings. The lowest BCUT2D eigenvalue weighted by atomic mass is 10.00. The van der Waals surface area contributed by atoms with E-state index >= 15 is 0 Å². The van der Waals surface area contributed by atoms with Gasteiger partial charge in [-0.15, -0.1) is 0 Å². The van der Waals surface area contributed by atoms with Gasteiger partial charge in [0, 0.05) is 13.1 Å². The van der Waals surface area contributed by atoms with Crippen LogP contribution < -0.4 is 0 Å². The van der Waals surface area contributed by atoms with Gasteiger partial charge in [0.25, 0.3) is 0 Å². The fraction of sp³-hybridized carbons (Fsp3) is 0.400. The summed E-state index contributed by atoms with van der Waals surface area (Å²) in [6.07, 6.45) is -0.227. The molecule has 0 radical (unpaired) electrons. The second kappa shape index (κ2) is 7.28. The minimum Gasteiger partial charge on any atom is -0.371 e. The van der Waals surface area contributed by atoms with Crippen LogP contribution in [0.4, 0.5) is 0 Å². The van der Waals surface area contributed by atoms with Gasteiger partial charge in [0.15, 0.2) is 0 Å². The first-order chi connectivity index (χ1) is 11.9. The van der Waals surface area contributed by atoms with Crippen LogP contribution in [0.3, 0.4) is 0 Å². The summed E-state index contributed by atoms with van der Waals surface area (Å²) in [5, 5.41) is 0. The molecule has 3 rings (SSSR count). The van der Waals surface area contributed by atoms with Crippen molar-refractivity contribution in [2.45, 2.75) is 37.7 Å². The summed E-state index contributed by atoms with van der Waals surface area (Å²) >= 11 is 0. The molecule has 25 heavy (non-hydrogen) atoms. The molecule has 1 heterocycles. The first kappa shape index (κ1) is 18.1. The normalized spacial score (nSPS) is 19.3. The van der Waals surface area contributed by atoms with Crippen LogP contribution in [0.25, 0.3) is 0 Å². The van der Waals surface area contributed by atoms with Gasteiger partial charge in [-0.1, -0.05) is 55.8 Å². The number of sulfonamides is 1. The Morgan fingerprint density at radius 2 is 1.68 bits per heavy atom. The van der Waals surface area contributed by atoms with Gasteiger partial charge in [-0.25, -0.2) is 8.42 Å². The van der Waals surface area contributed by atoms with Crippen molar-refractivity contribution in [1.29, 1.82) is 0 Å². The first-order valence-electron chi connectivity index (χ1n) is 8.66. The molecule has 0 aromatic heterocycles. The predicted molar refractivity (Wildman–Crippen MR) is 99.2 cm³/mol. The SMILES string of the molecule is Cc1ccc(S(=O)(=O)N2CCOC(c3ccc(C(C)C)cc3)C2)cc1. The van der Waals surface area contributed by atoms with Gasteiger partial charge < -0.3 is 4.74 Å². The molecule has 1 atom stereocenters. The molecule has 0 N–H and O–H groups in total. The molecule has 1 unspecified atom stereocenters. The number of hydrogen-bond acceptors (Lipinski definition) is 3. The maximum Gasteiger partial charge on any atom is 0.243 e. The number of benzene rings is 2. The average Bonchev–Trinajstić information content (AvgIpc) is 2.62. The van der Waals surface area contributed by atoms with Crippen LogP contribution in [0.5, 0.6) is 0 Å². The van der Waals surface area contributed by atoms with E-state index in [0.717, 1.165) is 11.1 Å². The molecule has 0 amide bonds. The summed E-state index contributed by atoms with van der Waals surface area (Å²) in [6.45, 7) is 7.39. The number of aryl methyl sites for hydroxylation is 1. The van der Waals surface area contributed by atoms with Crippen LogP contribution >= 0.6 is 0 Å². The molecule has 1 aliphatic heterocycles. The smallest absolute Gasteiger partial charge is 0.243 e.